The molecule has 1 atom stereocenters. The third-order valence-corrected chi connectivity index (χ3v) is 4.42. The largest absolute Gasteiger partial charge is 0.416 e. The van der Waals surface area contributed by atoms with Crippen molar-refractivity contribution < 1.29 is 31.5 Å². The first kappa shape index (κ1) is 23.3. The third-order valence-electron chi connectivity index (χ3n) is 4.42. The number of rotatable bonds is 7. The van der Waals surface area contributed by atoms with E-state index in [0.717, 1.165) is 30.3 Å². The molecule has 0 heterocycles. The summed E-state index contributed by atoms with van der Waals surface area (Å²) < 4.78 is 65.3. The van der Waals surface area contributed by atoms with Gasteiger partial charge in [-0.15, -0.1) is 0 Å². The van der Waals surface area contributed by atoms with Crippen molar-refractivity contribution in [1.82, 2.24) is 10.6 Å². The molecule has 2 aromatic rings. The number of hydrogen-bond acceptors (Lipinski definition) is 2. The van der Waals surface area contributed by atoms with E-state index in [2.05, 4.69) is 10.6 Å². The maximum absolute atomic E-state index is 13.8. The Hall–Kier alpha value is -2.97. The van der Waals surface area contributed by atoms with Crippen LogP contribution in [0.1, 0.15) is 35.3 Å². The standard InChI is InChI=1S/C21H21F5N2O2/c1-12(2)18(28-19(29)17-15(22)4-3-5-16(17)23)20(30)27-11-10-13-6-8-14(9-7-13)21(24,25)26/h3-9,12,18H,10-11H2,1-2H3,(H,27,30)(H,28,29)/t18-/m0/s1. The van der Waals surface area contributed by atoms with Crippen LogP contribution >= 0.6 is 0 Å². The van der Waals surface area contributed by atoms with Crippen LogP contribution in [0.2, 0.25) is 0 Å². The Bertz CT molecular complexity index is 875. The van der Waals surface area contributed by atoms with Gasteiger partial charge in [-0.3, -0.25) is 9.59 Å². The minimum absolute atomic E-state index is 0.108. The van der Waals surface area contributed by atoms with E-state index in [9.17, 15) is 31.5 Å². The summed E-state index contributed by atoms with van der Waals surface area (Å²) in [5.74, 6) is -4.09. The quantitative estimate of drug-likeness (QED) is 0.653. The minimum Gasteiger partial charge on any atom is -0.354 e. The van der Waals surface area contributed by atoms with Crippen molar-refractivity contribution in [1.29, 1.82) is 0 Å². The average Bonchev–Trinajstić information content (AvgIpc) is 2.65. The Kier molecular flexibility index (Phi) is 7.53. The number of carbonyl (C=O) groups is 2. The summed E-state index contributed by atoms with van der Waals surface area (Å²) in [6.45, 7) is 3.41. The molecule has 2 rings (SSSR count). The zero-order valence-electron chi connectivity index (χ0n) is 16.3. The highest BCUT2D eigenvalue weighted by Crippen LogP contribution is 2.29. The fourth-order valence-electron chi connectivity index (χ4n) is 2.76. The highest BCUT2D eigenvalue weighted by atomic mass is 19.4. The normalized spacial score (nSPS) is 12.5. The fourth-order valence-corrected chi connectivity index (χ4v) is 2.76. The summed E-state index contributed by atoms with van der Waals surface area (Å²) in [6, 6.07) is 6.49. The van der Waals surface area contributed by atoms with Crippen molar-refractivity contribution in [2.45, 2.75) is 32.5 Å². The van der Waals surface area contributed by atoms with Crippen LogP contribution in [0.5, 0.6) is 0 Å². The summed E-state index contributed by atoms with van der Waals surface area (Å²) in [5.41, 5.74) is -0.958. The van der Waals surface area contributed by atoms with E-state index in [1.54, 1.807) is 13.8 Å². The molecule has 0 fully saturated rings. The molecule has 4 nitrogen and oxygen atoms in total. The first-order valence-corrected chi connectivity index (χ1v) is 9.19. The molecule has 2 aromatic carbocycles. The molecule has 2 N–H and O–H groups in total. The second-order valence-electron chi connectivity index (χ2n) is 7.03. The van der Waals surface area contributed by atoms with E-state index >= 15 is 0 Å². The molecule has 0 aromatic heterocycles. The van der Waals surface area contributed by atoms with E-state index in [-0.39, 0.29) is 18.9 Å². The average molecular weight is 428 g/mol. The van der Waals surface area contributed by atoms with Gasteiger partial charge in [0.25, 0.3) is 5.91 Å². The van der Waals surface area contributed by atoms with Crippen molar-refractivity contribution in [3.63, 3.8) is 0 Å². The predicted octanol–water partition coefficient (Wildman–Crippen LogP) is 4.10. The van der Waals surface area contributed by atoms with Gasteiger partial charge in [-0.1, -0.05) is 32.0 Å². The number of hydrogen-bond donors (Lipinski definition) is 2. The van der Waals surface area contributed by atoms with Crippen LogP contribution in [0.15, 0.2) is 42.5 Å². The van der Waals surface area contributed by atoms with Gasteiger partial charge in [-0.25, -0.2) is 8.78 Å². The monoisotopic (exact) mass is 428 g/mol. The van der Waals surface area contributed by atoms with Crippen molar-refractivity contribution in [3.8, 4) is 0 Å². The molecule has 2 amide bonds. The highest BCUT2D eigenvalue weighted by Gasteiger charge is 2.30. The van der Waals surface area contributed by atoms with Gasteiger partial charge in [0, 0.05) is 6.54 Å². The molecule has 0 unspecified atom stereocenters. The zero-order valence-corrected chi connectivity index (χ0v) is 16.3. The second kappa shape index (κ2) is 9.69. The Balaban J connectivity index is 1.96. The van der Waals surface area contributed by atoms with Crippen LogP contribution in [-0.4, -0.2) is 24.4 Å². The van der Waals surface area contributed by atoms with Crippen molar-refractivity contribution >= 4 is 11.8 Å². The first-order chi connectivity index (χ1) is 14.0. The highest BCUT2D eigenvalue weighted by molar-refractivity contribution is 5.98. The molecular formula is C21H21F5N2O2. The zero-order chi connectivity index (χ0) is 22.5. The number of alkyl halides is 3. The molecule has 0 aliphatic carbocycles. The van der Waals surface area contributed by atoms with E-state index in [0.29, 0.717) is 5.56 Å². The number of benzene rings is 2. The van der Waals surface area contributed by atoms with E-state index in [1.807, 2.05) is 0 Å². The van der Waals surface area contributed by atoms with Gasteiger partial charge in [0.1, 0.15) is 23.2 Å². The van der Waals surface area contributed by atoms with Crippen LogP contribution in [0.4, 0.5) is 22.0 Å². The molecule has 162 valence electrons. The third kappa shape index (κ3) is 6.01. The molecule has 0 bridgehead atoms. The summed E-state index contributed by atoms with van der Waals surface area (Å²) in [6.07, 6.45) is -4.16. The molecule has 30 heavy (non-hydrogen) atoms. The molecule has 0 aliphatic rings. The van der Waals surface area contributed by atoms with E-state index in [4.69, 9.17) is 0 Å². The molecular weight excluding hydrogens is 407 g/mol. The first-order valence-electron chi connectivity index (χ1n) is 9.19. The van der Waals surface area contributed by atoms with Crippen LogP contribution in [-0.2, 0) is 17.4 Å². The Labute approximate surface area is 170 Å². The predicted molar refractivity (Wildman–Crippen MR) is 101 cm³/mol. The van der Waals surface area contributed by atoms with Gasteiger partial charge in [0.15, 0.2) is 0 Å². The lowest BCUT2D eigenvalue weighted by molar-refractivity contribution is -0.137. The lowest BCUT2D eigenvalue weighted by atomic mass is 10.0. The van der Waals surface area contributed by atoms with E-state index < -0.39 is 46.8 Å². The molecule has 0 saturated heterocycles. The maximum Gasteiger partial charge on any atom is 0.416 e. The minimum atomic E-state index is -4.42. The number of carbonyl (C=O) groups excluding carboxylic acids is 2. The number of halogens is 5. The molecule has 0 radical (unpaired) electrons. The van der Waals surface area contributed by atoms with Crippen LogP contribution < -0.4 is 10.6 Å². The van der Waals surface area contributed by atoms with Gasteiger partial charge in [-0.2, -0.15) is 13.2 Å². The van der Waals surface area contributed by atoms with Crippen molar-refractivity contribution in [2.75, 3.05) is 6.54 Å². The lowest BCUT2D eigenvalue weighted by Crippen LogP contribution is -2.50. The van der Waals surface area contributed by atoms with Crippen LogP contribution in [0.3, 0.4) is 0 Å². The van der Waals surface area contributed by atoms with Crippen LogP contribution in [0.25, 0.3) is 0 Å². The summed E-state index contributed by atoms with van der Waals surface area (Å²) in [7, 11) is 0. The molecule has 0 spiro atoms. The summed E-state index contributed by atoms with van der Waals surface area (Å²) in [4.78, 5) is 24.7. The van der Waals surface area contributed by atoms with Gasteiger partial charge >= 0.3 is 6.18 Å². The van der Waals surface area contributed by atoms with Crippen molar-refractivity contribution in [3.05, 3.63) is 70.8 Å². The topological polar surface area (TPSA) is 58.2 Å². The Morgan fingerprint density at radius 3 is 2.03 bits per heavy atom. The Morgan fingerprint density at radius 2 is 1.53 bits per heavy atom. The van der Waals surface area contributed by atoms with E-state index in [1.165, 1.54) is 12.1 Å². The smallest absolute Gasteiger partial charge is 0.354 e. The van der Waals surface area contributed by atoms with Gasteiger partial charge in [-0.05, 0) is 42.2 Å². The number of amides is 2. The molecule has 0 saturated carbocycles. The SMILES string of the molecule is CC(C)[C@H](NC(=O)c1c(F)cccc1F)C(=O)NCCc1ccc(C(F)(F)F)cc1. The summed E-state index contributed by atoms with van der Waals surface area (Å²) >= 11 is 0. The van der Waals surface area contributed by atoms with Crippen molar-refractivity contribution in [2.24, 2.45) is 5.92 Å². The maximum atomic E-state index is 13.8. The second-order valence-corrected chi connectivity index (χ2v) is 7.03. The molecule has 0 aliphatic heterocycles. The van der Waals surface area contributed by atoms with Gasteiger partial charge in [0.2, 0.25) is 5.91 Å². The lowest BCUT2D eigenvalue weighted by Gasteiger charge is -2.22. The van der Waals surface area contributed by atoms with Gasteiger partial charge < -0.3 is 10.6 Å². The van der Waals surface area contributed by atoms with Crippen LogP contribution in [0, 0.1) is 17.6 Å². The summed E-state index contributed by atoms with van der Waals surface area (Å²) in [5, 5.41) is 4.91. The van der Waals surface area contributed by atoms with Gasteiger partial charge in [0.05, 0.1) is 5.56 Å². The number of nitrogens with one attached hydrogen (secondary N) is 2. The fraction of sp³-hybridized carbons (Fsp3) is 0.333. The molecule has 9 heteroatoms. The Morgan fingerprint density at radius 1 is 0.967 bits per heavy atom.